The maximum absolute atomic E-state index is 13.4. The van der Waals surface area contributed by atoms with Crippen LogP contribution in [0.5, 0.6) is 11.5 Å². The molecule has 2 aliphatic carbocycles. The van der Waals surface area contributed by atoms with Crippen LogP contribution in [0.3, 0.4) is 0 Å². The Hall–Kier alpha value is -3.15. The van der Waals surface area contributed by atoms with Crippen molar-refractivity contribution in [2.75, 3.05) is 6.61 Å². The van der Waals surface area contributed by atoms with Gasteiger partial charge >= 0.3 is 0 Å². The number of aliphatic hydroxyl groups excluding tert-OH is 2. The molecular weight excluding hydrogens is 482 g/mol. The molecule has 0 bridgehead atoms. The molecule has 5 rings (SSSR count). The number of benzene rings is 2. The number of nitrogens with two attached hydrogens (primary N) is 1. The molecule has 6 atom stereocenters. The summed E-state index contributed by atoms with van der Waals surface area (Å²) in [5.41, 5.74) is 3.54. The number of aliphatic hydroxyl groups is 3. The first-order valence-electron chi connectivity index (χ1n) is 12.2. The molecule has 10 nitrogen and oxygen atoms in total. The number of ether oxygens (including phenoxy) is 1. The third kappa shape index (κ3) is 3.87. The molecule has 1 saturated heterocycles. The monoisotopic (exact) mass is 511 g/mol. The number of hydrogen-bond acceptors (Lipinski definition) is 10. The standard InChI is InChI=1S/C27H29NO9/c1-11-22(31)17(28)7-13(37-11)6-12-8-27(36,18(30)10-29)9-16-19(12)26(35)21-20(25(16)34)23(32)14-4-2-3-5-15(14)24(21)33/h2-5,11-13,17,22,29,31,34-36H,6-10,28H2,1H3/t11-,12-,13-,17-,22+,27-/m0/s1. The predicted molar refractivity (Wildman–Crippen MR) is 129 cm³/mol. The molecular formula is C27H29NO9. The highest BCUT2D eigenvalue weighted by atomic mass is 16.5. The minimum atomic E-state index is -2.09. The van der Waals surface area contributed by atoms with Gasteiger partial charge in [-0.15, -0.1) is 0 Å². The fourth-order valence-corrected chi connectivity index (χ4v) is 6.14. The molecule has 7 N–H and O–H groups in total. The van der Waals surface area contributed by atoms with Crippen LogP contribution in [-0.2, 0) is 16.0 Å². The third-order valence-corrected chi connectivity index (χ3v) is 7.99. The van der Waals surface area contributed by atoms with Gasteiger partial charge in [-0.3, -0.25) is 14.4 Å². The zero-order chi connectivity index (χ0) is 26.8. The number of phenols is 2. The first kappa shape index (κ1) is 25.5. The van der Waals surface area contributed by atoms with Crippen molar-refractivity contribution in [2.24, 2.45) is 5.73 Å². The van der Waals surface area contributed by atoms with Crippen molar-refractivity contribution in [3.05, 3.63) is 57.6 Å². The summed E-state index contributed by atoms with van der Waals surface area (Å²) in [4.78, 5) is 39.3. The topological polar surface area (TPSA) is 188 Å². The van der Waals surface area contributed by atoms with E-state index in [4.69, 9.17) is 10.5 Å². The van der Waals surface area contributed by atoms with Crippen molar-refractivity contribution < 1.29 is 44.7 Å². The van der Waals surface area contributed by atoms with E-state index >= 15 is 0 Å². The Kier molecular flexibility index (Phi) is 6.20. The van der Waals surface area contributed by atoms with E-state index in [9.17, 15) is 39.9 Å². The largest absolute Gasteiger partial charge is 0.507 e. The molecule has 0 unspecified atom stereocenters. The minimum Gasteiger partial charge on any atom is -0.507 e. The summed E-state index contributed by atoms with van der Waals surface area (Å²) in [7, 11) is 0. The molecule has 0 aromatic heterocycles. The van der Waals surface area contributed by atoms with E-state index < -0.39 is 77.7 Å². The quantitative estimate of drug-likeness (QED) is 0.268. The minimum absolute atomic E-state index is 0.0366. The lowest BCUT2D eigenvalue weighted by atomic mass is 9.67. The average Bonchev–Trinajstić information content (AvgIpc) is 2.87. The van der Waals surface area contributed by atoms with Crippen molar-refractivity contribution in [3.63, 3.8) is 0 Å². The molecule has 0 radical (unpaired) electrons. The number of rotatable bonds is 4. The molecule has 196 valence electrons. The summed E-state index contributed by atoms with van der Waals surface area (Å²) in [6, 6.07) is 5.49. The van der Waals surface area contributed by atoms with Crippen molar-refractivity contribution in [1.82, 2.24) is 0 Å². The van der Waals surface area contributed by atoms with E-state index in [1.54, 1.807) is 19.1 Å². The van der Waals surface area contributed by atoms with Gasteiger partial charge in [0, 0.05) is 34.7 Å². The van der Waals surface area contributed by atoms with Crippen LogP contribution < -0.4 is 5.73 Å². The Morgan fingerprint density at radius 1 is 1.11 bits per heavy atom. The lowest BCUT2D eigenvalue weighted by Gasteiger charge is -2.42. The second-order valence-electron chi connectivity index (χ2n) is 10.3. The summed E-state index contributed by atoms with van der Waals surface area (Å²) in [5, 5.41) is 53.7. The first-order valence-corrected chi connectivity index (χ1v) is 12.2. The molecule has 10 heteroatoms. The zero-order valence-corrected chi connectivity index (χ0v) is 20.2. The van der Waals surface area contributed by atoms with E-state index in [2.05, 4.69) is 0 Å². The Labute approximate surface area is 212 Å². The van der Waals surface area contributed by atoms with Gasteiger partial charge in [0.15, 0.2) is 17.3 Å². The molecule has 0 amide bonds. The van der Waals surface area contributed by atoms with Crippen molar-refractivity contribution in [3.8, 4) is 11.5 Å². The van der Waals surface area contributed by atoms with Crippen LogP contribution in [-0.4, -0.2) is 79.4 Å². The highest BCUT2D eigenvalue weighted by Gasteiger charge is 2.49. The fourth-order valence-electron chi connectivity index (χ4n) is 6.14. The molecule has 0 saturated carbocycles. The predicted octanol–water partition coefficient (Wildman–Crippen LogP) is 0.451. The van der Waals surface area contributed by atoms with Gasteiger partial charge in [-0.05, 0) is 32.1 Å². The van der Waals surface area contributed by atoms with Gasteiger partial charge in [0.05, 0.1) is 29.4 Å². The smallest absolute Gasteiger partial charge is 0.198 e. The highest BCUT2D eigenvalue weighted by Crippen LogP contribution is 2.52. The highest BCUT2D eigenvalue weighted by molar-refractivity contribution is 6.30. The summed E-state index contributed by atoms with van der Waals surface area (Å²) < 4.78 is 5.90. The van der Waals surface area contributed by atoms with Gasteiger partial charge in [0.1, 0.15) is 23.7 Å². The number of carbonyl (C=O) groups is 3. The molecule has 1 aliphatic heterocycles. The second kappa shape index (κ2) is 9.00. The van der Waals surface area contributed by atoms with E-state index in [-0.39, 0.29) is 52.6 Å². The lowest BCUT2D eigenvalue weighted by molar-refractivity contribution is -0.144. The second-order valence-corrected chi connectivity index (χ2v) is 10.3. The van der Waals surface area contributed by atoms with Crippen molar-refractivity contribution >= 4 is 17.3 Å². The van der Waals surface area contributed by atoms with Gasteiger partial charge in [-0.25, -0.2) is 0 Å². The van der Waals surface area contributed by atoms with Gasteiger partial charge < -0.3 is 36.0 Å². The van der Waals surface area contributed by atoms with Crippen molar-refractivity contribution in [1.29, 1.82) is 0 Å². The Morgan fingerprint density at radius 3 is 2.27 bits per heavy atom. The van der Waals surface area contributed by atoms with E-state index in [0.29, 0.717) is 0 Å². The van der Waals surface area contributed by atoms with E-state index in [1.807, 2.05) is 0 Å². The number of ketones is 3. The molecule has 2 aromatic carbocycles. The van der Waals surface area contributed by atoms with E-state index in [0.717, 1.165) is 0 Å². The van der Waals surface area contributed by atoms with Gasteiger partial charge in [-0.1, -0.05) is 24.3 Å². The Balaban J connectivity index is 1.67. The normalized spacial score (nSPS) is 30.9. The maximum Gasteiger partial charge on any atom is 0.198 e. The number of hydrogen-bond donors (Lipinski definition) is 6. The Bertz CT molecular complexity index is 1310. The van der Waals surface area contributed by atoms with Crippen LogP contribution in [0.4, 0.5) is 0 Å². The fraction of sp³-hybridized carbons (Fsp3) is 0.444. The van der Waals surface area contributed by atoms with Crippen LogP contribution in [0, 0.1) is 0 Å². The molecule has 1 heterocycles. The van der Waals surface area contributed by atoms with Gasteiger partial charge in [0.2, 0.25) is 0 Å². The molecule has 2 aromatic rings. The zero-order valence-electron chi connectivity index (χ0n) is 20.2. The van der Waals surface area contributed by atoms with Gasteiger partial charge in [-0.2, -0.15) is 0 Å². The van der Waals surface area contributed by atoms with Crippen LogP contribution in [0.15, 0.2) is 24.3 Å². The number of fused-ring (bicyclic) bond motifs is 3. The van der Waals surface area contributed by atoms with Crippen LogP contribution in [0.1, 0.15) is 75.1 Å². The number of phenolic OH excluding ortho intramolecular Hbond substituents is 2. The molecule has 37 heavy (non-hydrogen) atoms. The molecule has 1 fully saturated rings. The summed E-state index contributed by atoms with van der Waals surface area (Å²) in [6.07, 6.45) is -2.31. The number of Topliss-reactive ketones (excluding diaryl/α,β-unsaturated/α-hetero) is 1. The Morgan fingerprint density at radius 2 is 1.70 bits per heavy atom. The van der Waals surface area contributed by atoms with Crippen LogP contribution in [0.25, 0.3) is 0 Å². The summed E-state index contributed by atoms with van der Waals surface area (Å²) in [5.74, 6) is -4.05. The average molecular weight is 512 g/mol. The SMILES string of the molecule is C[C@@H]1O[C@@H](C[C@H]2C[C@@](O)(C(=O)CO)Cc3c(O)c4c(c(O)c32)C(=O)c2ccccc2C4=O)C[C@H](N)[C@@H]1O. The number of carbonyl (C=O) groups excluding carboxylic acids is 3. The van der Waals surface area contributed by atoms with E-state index in [1.165, 1.54) is 12.1 Å². The molecule has 0 spiro atoms. The number of aromatic hydroxyl groups is 2. The summed E-state index contributed by atoms with van der Waals surface area (Å²) in [6.45, 7) is 0.716. The maximum atomic E-state index is 13.4. The lowest BCUT2D eigenvalue weighted by Crippen LogP contribution is -2.52. The van der Waals surface area contributed by atoms with Crippen LogP contribution in [0.2, 0.25) is 0 Å². The van der Waals surface area contributed by atoms with Crippen LogP contribution >= 0.6 is 0 Å². The summed E-state index contributed by atoms with van der Waals surface area (Å²) >= 11 is 0. The molecule has 3 aliphatic rings. The first-order chi connectivity index (χ1) is 17.5. The van der Waals surface area contributed by atoms with Crippen molar-refractivity contribution in [2.45, 2.75) is 68.5 Å². The third-order valence-electron chi connectivity index (χ3n) is 7.99. The van der Waals surface area contributed by atoms with Gasteiger partial charge in [0.25, 0.3) is 0 Å².